The minimum atomic E-state index is -0.847. The van der Waals surface area contributed by atoms with Gasteiger partial charge in [0.15, 0.2) is 5.90 Å². The van der Waals surface area contributed by atoms with Crippen LogP contribution in [0, 0.1) is 24.7 Å². The first-order chi connectivity index (χ1) is 28.2. The van der Waals surface area contributed by atoms with Crippen molar-refractivity contribution in [3.05, 3.63) is 252 Å². The maximum atomic E-state index is 7.12. The molecule has 2 aliphatic rings. The van der Waals surface area contributed by atoms with Crippen molar-refractivity contribution < 1.29 is 44.8 Å². The summed E-state index contributed by atoms with van der Waals surface area (Å²) in [5.41, 5.74) is 12.4. The van der Waals surface area contributed by atoms with Gasteiger partial charge in [-0.15, -0.1) is 35.4 Å². The second-order valence-corrected chi connectivity index (χ2v) is 19.9. The van der Waals surface area contributed by atoms with Crippen molar-refractivity contribution in [2.75, 3.05) is 5.90 Å². The van der Waals surface area contributed by atoms with Gasteiger partial charge < -0.3 is 12.8 Å². The molecule has 0 saturated heterocycles. The van der Waals surface area contributed by atoms with Crippen LogP contribution in [0.2, 0.25) is 0 Å². The molecule has 2 aliphatic carbocycles. The summed E-state index contributed by atoms with van der Waals surface area (Å²) in [4.78, 5) is 0. The average Bonchev–Trinajstić information content (AvgIpc) is 3.86. The number of fused-ring (bicyclic) bond motifs is 6. The van der Waals surface area contributed by atoms with E-state index in [1.54, 1.807) is 0 Å². The van der Waals surface area contributed by atoms with Gasteiger partial charge in [-0.1, -0.05) is 145 Å². The van der Waals surface area contributed by atoms with Crippen LogP contribution >= 0.6 is 15.8 Å². The standard InChI is InChI=1S/C25H22P2.2C15H9.2Ag/c1-5-13-22(14-6-1)26(23-15-7-2-8-16-23)21-27(24-17-9-3-10-18-24)25-19-11-4-12-20-25;2*1-2-11-7-8-15-13(9-11)10-12-5-3-4-6-14(12)15;;/h1-20H,21H2;2*3-9H,10H2;;/q;2*-1;2*+1/p+2. The molecule has 292 valence electrons. The molecule has 0 saturated carbocycles. The molecular weight excluding hydrogens is 938 g/mol. The van der Waals surface area contributed by atoms with E-state index in [-0.39, 0.29) is 44.8 Å². The molecule has 0 atom stereocenters. The van der Waals surface area contributed by atoms with E-state index in [4.69, 9.17) is 12.8 Å². The Morgan fingerprint density at radius 3 is 0.949 bits per heavy atom. The van der Waals surface area contributed by atoms with Crippen LogP contribution in [0.4, 0.5) is 0 Å². The molecule has 0 heterocycles. The molecule has 0 bridgehead atoms. The van der Waals surface area contributed by atoms with Gasteiger partial charge in [0.2, 0.25) is 0 Å². The van der Waals surface area contributed by atoms with Crippen LogP contribution in [-0.2, 0) is 57.6 Å². The summed E-state index contributed by atoms with van der Waals surface area (Å²) < 4.78 is 0. The Bertz CT molecular complexity index is 2420. The van der Waals surface area contributed by atoms with Gasteiger partial charge in [-0.05, 0) is 94.8 Å². The molecule has 0 aromatic heterocycles. The van der Waals surface area contributed by atoms with E-state index in [9.17, 15) is 0 Å². The predicted molar refractivity (Wildman–Crippen MR) is 248 cm³/mol. The molecule has 0 N–H and O–H groups in total. The third-order valence-electron chi connectivity index (χ3n) is 10.7. The Labute approximate surface area is 384 Å². The molecule has 0 fully saturated rings. The predicted octanol–water partition coefficient (Wildman–Crippen LogP) is 11.1. The number of hydrogen-bond donors (Lipinski definition) is 0. The monoisotopic (exact) mass is 978 g/mol. The van der Waals surface area contributed by atoms with E-state index in [2.05, 4.69) is 206 Å². The van der Waals surface area contributed by atoms with Crippen molar-refractivity contribution in [3.63, 3.8) is 0 Å². The second-order valence-electron chi connectivity index (χ2n) is 14.3. The van der Waals surface area contributed by atoms with Crippen molar-refractivity contribution in [3.8, 4) is 34.1 Å². The first-order valence-electron chi connectivity index (χ1n) is 19.4. The van der Waals surface area contributed by atoms with Gasteiger partial charge in [0.1, 0.15) is 37.1 Å². The van der Waals surface area contributed by atoms with Gasteiger partial charge >= 0.3 is 44.8 Å². The molecule has 8 aromatic carbocycles. The smallest absolute Gasteiger partial charge is 0.366 e. The minimum absolute atomic E-state index is 0. The fraction of sp³-hybridized carbons (Fsp3) is 0.0545. The Balaban J connectivity index is 0.000000156. The maximum absolute atomic E-state index is 7.12. The average molecular weight is 981 g/mol. The van der Waals surface area contributed by atoms with Crippen LogP contribution in [-0.4, -0.2) is 5.90 Å². The number of hydrogen-bond acceptors (Lipinski definition) is 0. The second kappa shape index (κ2) is 21.5. The van der Waals surface area contributed by atoms with E-state index in [0.29, 0.717) is 0 Å². The summed E-state index contributed by atoms with van der Waals surface area (Å²) in [5.74, 6) is 6.11. The first-order valence-corrected chi connectivity index (χ1v) is 22.8. The summed E-state index contributed by atoms with van der Waals surface area (Å²) in [5, 5.41) is 6.01. The molecule has 4 heteroatoms. The van der Waals surface area contributed by atoms with Crippen LogP contribution in [0.1, 0.15) is 33.4 Å². The van der Waals surface area contributed by atoms with Crippen LogP contribution in [0.5, 0.6) is 0 Å². The van der Waals surface area contributed by atoms with E-state index in [0.717, 1.165) is 24.0 Å². The van der Waals surface area contributed by atoms with Crippen molar-refractivity contribution in [2.45, 2.75) is 12.8 Å². The van der Waals surface area contributed by atoms with Crippen LogP contribution in [0.3, 0.4) is 0 Å². The van der Waals surface area contributed by atoms with Crippen molar-refractivity contribution >= 4 is 37.1 Å². The third kappa shape index (κ3) is 10.5. The van der Waals surface area contributed by atoms with Gasteiger partial charge in [-0.25, -0.2) is 0 Å². The third-order valence-corrected chi connectivity index (χ3v) is 17.7. The van der Waals surface area contributed by atoms with Gasteiger partial charge in [-0.3, -0.25) is 11.8 Å². The molecule has 59 heavy (non-hydrogen) atoms. The van der Waals surface area contributed by atoms with Crippen LogP contribution in [0.15, 0.2) is 206 Å². The van der Waals surface area contributed by atoms with Gasteiger partial charge in [0.05, 0.1) is 0 Å². The molecule has 0 spiro atoms. The van der Waals surface area contributed by atoms with Crippen molar-refractivity contribution in [1.29, 1.82) is 0 Å². The summed E-state index contributed by atoms with van der Waals surface area (Å²) in [6, 6.07) is 73.6. The van der Waals surface area contributed by atoms with Gasteiger partial charge in [-0.2, -0.15) is 0 Å². The molecule has 0 aliphatic heterocycles. The summed E-state index contributed by atoms with van der Waals surface area (Å²) >= 11 is 0. The normalized spacial score (nSPS) is 11.0. The maximum Gasteiger partial charge on any atom is 1.00 e. The Hall–Kier alpha value is -4.78. The van der Waals surface area contributed by atoms with E-state index < -0.39 is 15.8 Å². The molecule has 0 nitrogen and oxygen atoms in total. The first kappa shape index (κ1) is 43.8. The zero-order chi connectivity index (χ0) is 38.8. The van der Waals surface area contributed by atoms with Crippen molar-refractivity contribution in [2.24, 2.45) is 0 Å². The topological polar surface area (TPSA) is 0 Å². The number of rotatable bonds is 6. The summed E-state index contributed by atoms with van der Waals surface area (Å²) in [7, 11) is -1.69. The molecule has 0 unspecified atom stereocenters. The molecule has 10 rings (SSSR count). The zero-order valence-corrected chi connectivity index (χ0v) is 37.3. The van der Waals surface area contributed by atoms with Crippen LogP contribution in [0.25, 0.3) is 22.3 Å². The Morgan fingerprint density at radius 2 is 0.627 bits per heavy atom. The van der Waals surface area contributed by atoms with E-state index >= 15 is 0 Å². The SMILES string of the molecule is [Ag+].[Ag+].[C-]#Cc1ccc2c(c1)Cc1ccccc1-2.[C-]#Cc1ccc2c(c1)Cc1ccccc1-2.c1ccc([PH+](C[PH+](c2ccccc2)c2ccccc2)c2ccccc2)cc1. The quantitative estimate of drug-likeness (QED) is 0.0674. The van der Waals surface area contributed by atoms with E-state index in [1.165, 1.54) is 71.6 Å². The molecule has 8 aromatic rings. The van der Waals surface area contributed by atoms with E-state index in [1.807, 2.05) is 12.1 Å². The zero-order valence-electron chi connectivity index (χ0n) is 32.4. The fourth-order valence-electron chi connectivity index (χ4n) is 7.92. The van der Waals surface area contributed by atoms with Gasteiger partial charge in [0, 0.05) is 0 Å². The minimum Gasteiger partial charge on any atom is -0.366 e. The molecule has 0 amide bonds. The largest absolute Gasteiger partial charge is 1.00 e. The Kier molecular flexibility index (Phi) is 15.9. The summed E-state index contributed by atoms with van der Waals surface area (Å²) in [6.07, 6.45) is 16.2. The summed E-state index contributed by atoms with van der Waals surface area (Å²) in [6.45, 7) is 0. The Morgan fingerprint density at radius 1 is 0.339 bits per heavy atom. The molecule has 0 radical (unpaired) electrons. The van der Waals surface area contributed by atoms with Crippen LogP contribution < -0.4 is 21.2 Å². The van der Waals surface area contributed by atoms with Gasteiger partial charge in [0.25, 0.3) is 0 Å². The van der Waals surface area contributed by atoms with Crippen molar-refractivity contribution in [1.82, 2.24) is 0 Å². The fourth-order valence-corrected chi connectivity index (χ4v) is 15.6. The number of benzene rings is 8. The molecular formula is C55H42Ag2P2+2.